The Balaban J connectivity index is 0. The SMILES string of the molecule is CCOCCOCCOCCOCCOCCOCCOCCOCCO.O=S(=O)(O)O. The number of aliphatic hydroxyl groups excluding tert-OH is 1. The van der Waals surface area contributed by atoms with Gasteiger partial charge in [0.05, 0.1) is 106 Å². The summed E-state index contributed by atoms with van der Waals surface area (Å²) in [7, 11) is -4.67. The van der Waals surface area contributed by atoms with Crippen molar-refractivity contribution in [3.8, 4) is 0 Å². The van der Waals surface area contributed by atoms with Gasteiger partial charge < -0.3 is 43.0 Å². The van der Waals surface area contributed by atoms with Crippen LogP contribution in [0.2, 0.25) is 0 Å². The largest absolute Gasteiger partial charge is 0.394 e. The Labute approximate surface area is 190 Å². The van der Waals surface area contributed by atoms with E-state index in [0.29, 0.717) is 106 Å². The Bertz CT molecular complexity index is 405. The molecule has 0 radical (unpaired) electrons. The summed E-state index contributed by atoms with van der Waals surface area (Å²) in [5.41, 5.74) is 0. The van der Waals surface area contributed by atoms with Crippen LogP contribution in [-0.4, -0.2) is 135 Å². The molecule has 0 amide bonds. The third-order valence-electron chi connectivity index (χ3n) is 3.04. The lowest BCUT2D eigenvalue weighted by molar-refractivity contribution is -0.0235. The highest BCUT2D eigenvalue weighted by Gasteiger charge is 1.94. The van der Waals surface area contributed by atoms with Crippen LogP contribution in [0.15, 0.2) is 0 Å². The van der Waals surface area contributed by atoms with E-state index in [-0.39, 0.29) is 6.61 Å². The van der Waals surface area contributed by atoms with Crippen LogP contribution in [-0.2, 0) is 48.3 Å². The summed E-state index contributed by atoms with van der Waals surface area (Å²) in [6.45, 7) is 10.6. The van der Waals surface area contributed by atoms with Gasteiger partial charge in [0.25, 0.3) is 0 Å². The molecule has 13 nitrogen and oxygen atoms in total. The second-order valence-electron chi connectivity index (χ2n) is 5.65. The Morgan fingerprint density at radius 3 is 0.844 bits per heavy atom. The Morgan fingerprint density at radius 2 is 0.656 bits per heavy atom. The molecule has 0 atom stereocenters. The number of aliphatic hydroxyl groups is 1. The van der Waals surface area contributed by atoms with Crippen LogP contribution in [0, 0.1) is 0 Å². The highest BCUT2D eigenvalue weighted by atomic mass is 32.3. The minimum absolute atomic E-state index is 0.0348. The molecule has 0 aliphatic rings. The number of hydrogen-bond donors (Lipinski definition) is 3. The van der Waals surface area contributed by atoms with Crippen LogP contribution in [0.1, 0.15) is 6.92 Å². The lowest BCUT2D eigenvalue weighted by Gasteiger charge is -2.08. The molecule has 32 heavy (non-hydrogen) atoms. The maximum atomic E-state index is 8.74. The molecule has 0 aliphatic carbocycles. The van der Waals surface area contributed by atoms with Crippen molar-refractivity contribution in [2.24, 2.45) is 0 Å². The van der Waals surface area contributed by atoms with E-state index >= 15 is 0 Å². The Morgan fingerprint density at radius 1 is 0.469 bits per heavy atom. The van der Waals surface area contributed by atoms with Crippen molar-refractivity contribution in [2.45, 2.75) is 6.92 Å². The van der Waals surface area contributed by atoms with E-state index < -0.39 is 10.4 Å². The lowest BCUT2D eigenvalue weighted by Crippen LogP contribution is -2.15. The van der Waals surface area contributed by atoms with Crippen LogP contribution in [0.3, 0.4) is 0 Å². The first-order valence-corrected chi connectivity index (χ1v) is 11.7. The van der Waals surface area contributed by atoms with Crippen molar-refractivity contribution in [3.05, 3.63) is 0 Å². The van der Waals surface area contributed by atoms with Crippen molar-refractivity contribution in [2.75, 3.05) is 112 Å². The molecule has 3 N–H and O–H groups in total. The van der Waals surface area contributed by atoms with Gasteiger partial charge in [0.2, 0.25) is 0 Å². The van der Waals surface area contributed by atoms with E-state index in [0.717, 1.165) is 0 Å². The van der Waals surface area contributed by atoms with Crippen molar-refractivity contribution < 1.29 is 60.5 Å². The van der Waals surface area contributed by atoms with E-state index in [1.165, 1.54) is 0 Å². The number of rotatable bonds is 24. The zero-order valence-corrected chi connectivity index (χ0v) is 19.7. The van der Waals surface area contributed by atoms with Gasteiger partial charge in [0.1, 0.15) is 0 Å². The molecule has 0 saturated heterocycles. The summed E-state index contributed by atoms with van der Waals surface area (Å²) in [4.78, 5) is 0. The molecule has 14 heteroatoms. The lowest BCUT2D eigenvalue weighted by atomic mass is 10.6. The van der Waals surface area contributed by atoms with Crippen molar-refractivity contribution in [1.82, 2.24) is 0 Å². The second-order valence-corrected chi connectivity index (χ2v) is 6.55. The minimum atomic E-state index is -4.67. The predicted molar refractivity (Wildman–Crippen MR) is 113 cm³/mol. The van der Waals surface area contributed by atoms with Gasteiger partial charge in [-0.2, -0.15) is 8.42 Å². The van der Waals surface area contributed by atoms with Gasteiger partial charge in [0, 0.05) is 6.61 Å². The van der Waals surface area contributed by atoms with E-state index in [1.807, 2.05) is 6.92 Å². The normalized spacial score (nSPS) is 11.4. The first kappa shape index (κ1) is 33.7. The minimum Gasteiger partial charge on any atom is -0.394 e. The smallest absolute Gasteiger partial charge is 0.394 e. The van der Waals surface area contributed by atoms with Crippen molar-refractivity contribution >= 4 is 10.4 Å². The molecule has 0 rings (SSSR count). The third kappa shape index (κ3) is 43.4. The van der Waals surface area contributed by atoms with E-state index in [9.17, 15) is 0 Å². The van der Waals surface area contributed by atoms with Crippen molar-refractivity contribution in [3.63, 3.8) is 0 Å². The van der Waals surface area contributed by atoms with Crippen LogP contribution in [0.5, 0.6) is 0 Å². The Kier molecular flexibility index (Phi) is 30.0. The van der Waals surface area contributed by atoms with Crippen LogP contribution in [0.4, 0.5) is 0 Å². The van der Waals surface area contributed by atoms with Gasteiger partial charge in [-0.3, -0.25) is 9.11 Å². The molecule has 0 aromatic heterocycles. The van der Waals surface area contributed by atoms with Gasteiger partial charge in [0.15, 0.2) is 0 Å². The molecular formula is C18H40O13S. The predicted octanol–water partition coefficient (Wildman–Crippen LogP) is -0.521. The van der Waals surface area contributed by atoms with Gasteiger partial charge in [-0.15, -0.1) is 0 Å². The summed E-state index contributed by atoms with van der Waals surface area (Å²) in [5, 5.41) is 8.52. The molecule has 0 aliphatic heterocycles. The van der Waals surface area contributed by atoms with Crippen LogP contribution < -0.4 is 0 Å². The zero-order valence-electron chi connectivity index (χ0n) is 18.9. The molecule has 0 bridgehead atoms. The maximum Gasteiger partial charge on any atom is 0.394 e. The summed E-state index contributed by atoms with van der Waals surface area (Å²) in [6.07, 6.45) is 0. The molecule has 0 spiro atoms. The molecule has 0 unspecified atom stereocenters. The first-order chi connectivity index (χ1) is 15.4. The molecule has 0 fully saturated rings. The van der Waals surface area contributed by atoms with Crippen molar-refractivity contribution in [1.29, 1.82) is 0 Å². The average molecular weight is 497 g/mol. The maximum absolute atomic E-state index is 8.74. The number of hydrogen-bond acceptors (Lipinski definition) is 11. The van der Waals surface area contributed by atoms with E-state index in [1.54, 1.807) is 0 Å². The monoisotopic (exact) mass is 496 g/mol. The van der Waals surface area contributed by atoms with Gasteiger partial charge in [-0.1, -0.05) is 0 Å². The summed E-state index contributed by atoms with van der Waals surface area (Å²) in [6, 6.07) is 0. The quantitative estimate of drug-likeness (QED) is 0.115. The van der Waals surface area contributed by atoms with Crippen LogP contribution >= 0.6 is 0 Å². The zero-order chi connectivity index (χ0) is 24.2. The fourth-order valence-corrected chi connectivity index (χ4v) is 1.75. The number of ether oxygens (including phenoxy) is 8. The highest BCUT2D eigenvalue weighted by molar-refractivity contribution is 7.79. The van der Waals surface area contributed by atoms with Crippen LogP contribution in [0.25, 0.3) is 0 Å². The molecule has 0 aromatic rings. The molecule has 0 aromatic carbocycles. The fraction of sp³-hybridized carbons (Fsp3) is 1.00. The fourth-order valence-electron chi connectivity index (χ4n) is 1.75. The molecule has 0 heterocycles. The van der Waals surface area contributed by atoms with Gasteiger partial charge in [-0.25, -0.2) is 0 Å². The summed E-state index contributed by atoms with van der Waals surface area (Å²) < 4.78 is 73.9. The molecule has 196 valence electrons. The Hall–Kier alpha value is -0.490. The average Bonchev–Trinajstić information content (AvgIpc) is 2.73. The van der Waals surface area contributed by atoms with E-state index in [4.69, 9.17) is 60.5 Å². The first-order valence-electron chi connectivity index (χ1n) is 10.3. The second kappa shape index (κ2) is 28.5. The summed E-state index contributed by atoms with van der Waals surface area (Å²) in [5.74, 6) is 0. The topological polar surface area (TPSA) is 169 Å². The molecular weight excluding hydrogens is 456 g/mol. The third-order valence-corrected chi connectivity index (χ3v) is 3.04. The van der Waals surface area contributed by atoms with Gasteiger partial charge >= 0.3 is 10.4 Å². The summed E-state index contributed by atoms with van der Waals surface area (Å²) >= 11 is 0. The molecule has 0 saturated carbocycles. The van der Waals surface area contributed by atoms with Gasteiger partial charge in [-0.05, 0) is 6.92 Å². The van der Waals surface area contributed by atoms with E-state index in [2.05, 4.69) is 0 Å². The standard InChI is InChI=1S/C18H38O9.H2O4S/c1-2-20-5-6-22-9-10-24-13-14-26-17-18-27-16-15-25-12-11-23-8-7-21-4-3-19;1-5(2,3)4/h19H,2-18H2,1H3;(H2,1,2,3,4). The highest BCUT2D eigenvalue weighted by Crippen LogP contribution is 1.85.